The summed E-state index contributed by atoms with van der Waals surface area (Å²) in [6.45, 7) is 7.57. The van der Waals surface area contributed by atoms with Crippen LogP contribution in [0.3, 0.4) is 0 Å². The van der Waals surface area contributed by atoms with Crippen molar-refractivity contribution in [1.82, 2.24) is 82.7 Å². The Labute approximate surface area is 711 Å². The van der Waals surface area contributed by atoms with Crippen molar-refractivity contribution < 1.29 is 150 Å². The lowest BCUT2D eigenvalue weighted by molar-refractivity contribution is -0.165. The van der Waals surface area contributed by atoms with E-state index in [9.17, 15) is 141 Å². The van der Waals surface area contributed by atoms with Crippen molar-refractivity contribution in [2.75, 3.05) is 7.05 Å². The number of hydrogen-bond donors (Lipinski definition) is 15. The molecule has 6 aromatic rings. The van der Waals surface area contributed by atoms with E-state index in [0.29, 0.717) is 38.5 Å². The predicted octanol–water partition coefficient (Wildman–Crippen LogP) is 1.12. The third-order valence-electron chi connectivity index (χ3n) is 22.0. The third-order valence-corrected chi connectivity index (χ3v) is 22.0. The smallest absolute Gasteiger partial charge is 0.329 e. The minimum absolute atomic E-state index is 0.243. The van der Waals surface area contributed by atoms with E-state index >= 15 is 0 Å². The number of cyclic esters (lactones) is 2. The molecule has 0 bridgehead atoms. The SMILES string of the molecule is C[C@H]1NC(=O)C(C2CC2)NC(=O)[C@H](C)[C@H](O)[C@H](Cc2c(F)nc(F)c(F)c2F)NC(=O)[C@H]1NC(=O)c1ncccc1O.C[C@H]1NC(=O)C(C2CC2)OC(=O)[C@H](C)[C@H](O)[C@H](Cc2c(F)nc(F)c(F)c2F)NC(=O)[C@H]1NC(=O)c1ncccc1O.C[C@H]1OC(=O)C(C2CC2)N(C)C(=O)[C@H](C)[C@H](O)[C@H](Cc2c(F)nc(F)c(F)c2F)NC(=O)[C@H]1NC(=O)c1ncccc1O. The van der Waals surface area contributed by atoms with Gasteiger partial charge in [-0.15, -0.1) is 0 Å². The van der Waals surface area contributed by atoms with Crippen LogP contribution in [0.25, 0.3) is 0 Å². The summed E-state index contributed by atoms with van der Waals surface area (Å²) >= 11 is 0. The molecule has 0 aromatic carbocycles. The molecule has 12 rings (SSSR count). The number of hydrogen-bond acceptors (Lipinski definition) is 26. The van der Waals surface area contributed by atoms with Crippen LogP contribution >= 0.6 is 0 Å². The number of aromatic hydroxyl groups is 3. The van der Waals surface area contributed by atoms with Crippen LogP contribution in [0.15, 0.2) is 55.0 Å². The summed E-state index contributed by atoms with van der Waals surface area (Å²) in [6.07, 6.45) is -4.42. The molecule has 3 unspecified atom stereocenters. The van der Waals surface area contributed by atoms with E-state index in [1.54, 1.807) is 0 Å². The van der Waals surface area contributed by atoms with E-state index in [1.807, 2.05) is 0 Å². The molecular weight excluding hydrogens is 1720 g/mol. The summed E-state index contributed by atoms with van der Waals surface area (Å²) in [5.41, 5.74) is -4.79. The number of aliphatic hydroxyl groups excluding tert-OH is 3. The van der Waals surface area contributed by atoms with Crippen LogP contribution in [-0.2, 0) is 71.9 Å². The average molecular weight is 1810 g/mol. The van der Waals surface area contributed by atoms with Gasteiger partial charge in [-0.3, -0.25) is 52.7 Å². The van der Waals surface area contributed by atoms with Gasteiger partial charge in [0.15, 0.2) is 40.6 Å². The van der Waals surface area contributed by atoms with Gasteiger partial charge in [-0.25, -0.2) is 32.9 Å². The zero-order valence-corrected chi connectivity index (χ0v) is 67.7. The fourth-order valence-corrected chi connectivity index (χ4v) is 14.1. The molecule has 48 heteroatoms. The molecule has 0 radical (unpaired) electrons. The molecule has 6 fully saturated rings. The number of carbonyl (C=O) groups is 12. The number of nitrogens with one attached hydrogen (secondary N) is 9. The highest BCUT2D eigenvalue weighted by Crippen LogP contribution is 2.39. The van der Waals surface area contributed by atoms with Crippen molar-refractivity contribution >= 4 is 71.0 Å². The van der Waals surface area contributed by atoms with Crippen LogP contribution in [0.1, 0.15) is 128 Å². The van der Waals surface area contributed by atoms with Gasteiger partial charge in [0, 0.05) is 67.5 Å². The lowest BCUT2D eigenvalue weighted by atomic mass is 9.90. The Kier molecular flexibility index (Phi) is 30.7. The van der Waals surface area contributed by atoms with Crippen LogP contribution in [0.2, 0.25) is 0 Å². The molecule has 10 amide bonds. The Morgan fingerprint density at radius 3 is 1.13 bits per heavy atom. The maximum Gasteiger partial charge on any atom is 0.329 e. The molecule has 684 valence electrons. The highest BCUT2D eigenvalue weighted by molar-refractivity contribution is 6.01. The molecular formula is C79H84F12N16O20. The Bertz CT molecular complexity index is 5050. The highest BCUT2D eigenvalue weighted by Gasteiger charge is 2.50. The summed E-state index contributed by atoms with van der Waals surface area (Å²) in [4.78, 5) is 178. The average Bonchev–Trinajstić information content (AvgIpc) is 1.76. The van der Waals surface area contributed by atoms with Crippen LogP contribution in [-0.4, -0.2) is 234 Å². The first-order valence-electron chi connectivity index (χ1n) is 39.3. The molecule has 6 aliphatic rings. The Balaban J connectivity index is 0.000000199. The molecule has 36 nitrogen and oxygen atoms in total. The largest absolute Gasteiger partial charge is 0.505 e. The number of halogens is 12. The molecule has 18 atom stereocenters. The van der Waals surface area contributed by atoms with E-state index in [0.717, 1.165) is 17.0 Å². The van der Waals surface area contributed by atoms with Gasteiger partial charge in [0.05, 0.1) is 66.3 Å². The van der Waals surface area contributed by atoms with Gasteiger partial charge in [-0.05, 0) is 114 Å². The van der Waals surface area contributed by atoms with Crippen molar-refractivity contribution in [2.45, 2.75) is 190 Å². The molecule has 127 heavy (non-hydrogen) atoms. The number of aromatic nitrogens is 6. The second-order valence-corrected chi connectivity index (χ2v) is 31.1. The van der Waals surface area contributed by atoms with Gasteiger partial charge in [0.1, 0.15) is 53.6 Å². The molecule has 3 saturated heterocycles. The zero-order valence-electron chi connectivity index (χ0n) is 67.7. The minimum Gasteiger partial charge on any atom is -0.505 e. The van der Waals surface area contributed by atoms with Crippen molar-refractivity contribution in [3.63, 3.8) is 0 Å². The van der Waals surface area contributed by atoms with Crippen molar-refractivity contribution in [3.05, 3.63) is 159 Å². The molecule has 3 aliphatic heterocycles. The number of rotatable bonds is 15. The van der Waals surface area contributed by atoms with E-state index < -0.39 is 321 Å². The predicted molar refractivity (Wildman–Crippen MR) is 403 cm³/mol. The van der Waals surface area contributed by atoms with E-state index in [4.69, 9.17) is 9.47 Å². The van der Waals surface area contributed by atoms with Crippen molar-refractivity contribution in [2.24, 2.45) is 35.5 Å². The first-order valence-corrected chi connectivity index (χ1v) is 39.3. The Morgan fingerprint density at radius 1 is 0.409 bits per heavy atom. The molecule has 15 N–H and O–H groups in total. The quantitative estimate of drug-likeness (QED) is 0.0389. The fourth-order valence-electron chi connectivity index (χ4n) is 14.1. The van der Waals surface area contributed by atoms with Gasteiger partial charge in [-0.1, -0.05) is 13.8 Å². The van der Waals surface area contributed by atoms with Gasteiger partial charge in [0.25, 0.3) is 41.5 Å². The second-order valence-electron chi connectivity index (χ2n) is 31.1. The van der Waals surface area contributed by atoms with Crippen molar-refractivity contribution in [1.29, 1.82) is 0 Å². The maximum absolute atomic E-state index is 14.6. The van der Waals surface area contributed by atoms with Gasteiger partial charge in [0.2, 0.25) is 70.7 Å². The Hall–Kier alpha value is -13.0. The zero-order chi connectivity index (χ0) is 93.5. The number of esters is 2. The second kappa shape index (κ2) is 40.5. The molecule has 3 aliphatic carbocycles. The number of likely N-dealkylation sites (N-methyl/N-ethyl adjacent to an activating group) is 1. The van der Waals surface area contributed by atoms with Crippen LogP contribution < -0.4 is 47.9 Å². The van der Waals surface area contributed by atoms with Crippen molar-refractivity contribution in [3.8, 4) is 17.2 Å². The maximum atomic E-state index is 14.6. The molecule has 0 spiro atoms. The Morgan fingerprint density at radius 2 is 0.756 bits per heavy atom. The molecule has 9 heterocycles. The number of nitrogens with zero attached hydrogens (tertiary/aromatic N) is 7. The topological polar surface area (TPSA) is 534 Å². The normalized spacial score (nSPS) is 27.1. The van der Waals surface area contributed by atoms with Crippen LogP contribution in [0, 0.1) is 106 Å². The number of pyridine rings is 6. The van der Waals surface area contributed by atoms with Gasteiger partial charge >= 0.3 is 11.9 Å². The van der Waals surface area contributed by atoms with E-state index in [2.05, 4.69) is 77.8 Å². The summed E-state index contributed by atoms with van der Waals surface area (Å²) in [6, 6.07) is -7.26. The first kappa shape index (κ1) is 96.2. The standard InChI is InChI=1S/C27H29F4N5O7.C26H28F4N6O6.C26H27F4N5O7/c1-10-21(38)14(9-13-16(28)17(29)23(31)35-22(13)30)33-24(39)18(34-25(40)19-15(37)5-4-8-32-19)11(2)43-27(42)20(12-6-7-12)36(3)26(10)41;1-9-20(38)13(8-12-15(27)16(28)22(30)36-21(12)29)33-24(40)17(34-26(42)19-14(37)4-3-7-31-19)10(2)32-25(41)18(11-5-6-11)35-23(9)39;1-9-19(37)13(8-12-15(27)16(28)22(30)35-21(12)29)33-23(38)17(34-24(39)18-14(36)4-3-7-31-18)10(2)32-25(40)20(11-5-6-11)42-26(9)41/h4-5,8,10-12,14,18,20-21,37-38H,6-7,9H2,1-3H3,(H,33,39)(H,34,40);3-4,7,9-11,13,17-18,20,37-38H,5-6,8H2,1-2H3,(H,32,41)(H,33,40)(H,34,42)(H,35,39);3-4,7,9-11,13,17,19-20,36-37H,5-6,8H2,1-2H3,(H,32,40)(H,33,38)(H,34,39)/t10-,11-,14+,18+,20?,21+;9-,10-,13+,17+,18?,20+;9-,10-,13+,17+,19+,20?/m111/s1. The molecule has 3 saturated carbocycles. The number of ether oxygens (including phenoxy) is 2. The fraction of sp³-hybridized carbons (Fsp3) is 0.468. The lowest BCUT2D eigenvalue weighted by Crippen LogP contribution is -2.64. The number of carbonyl (C=O) groups excluding carboxylic acids is 12. The lowest BCUT2D eigenvalue weighted by Gasteiger charge is -2.36. The van der Waals surface area contributed by atoms with E-state index in [1.165, 1.54) is 91.4 Å². The minimum atomic E-state index is -2.10. The monoisotopic (exact) mass is 1800 g/mol. The number of aliphatic hydroxyl groups is 3. The summed E-state index contributed by atoms with van der Waals surface area (Å²) in [7, 11) is 1.31. The van der Waals surface area contributed by atoms with Crippen LogP contribution in [0.4, 0.5) is 52.7 Å². The highest BCUT2D eigenvalue weighted by atomic mass is 19.2. The van der Waals surface area contributed by atoms with Gasteiger partial charge < -0.3 is 92.9 Å². The van der Waals surface area contributed by atoms with E-state index in [-0.39, 0.29) is 17.8 Å². The summed E-state index contributed by atoms with van der Waals surface area (Å²) < 4.78 is 180. The molecule has 6 aromatic heterocycles. The summed E-state index contributed by atoms with van der Waals surface area (Å²) in [5, 5.41) is 84.8. The first-order chi connectivity index (χ1) is 59.8. The van der Waals surface area contributed by atoms with Gasteiger partial charge in [-0.2, -0.15) is 54.5 Å². The third kappa shape index (κ3) is 22.4. The number of amides is 10. The van der Waals surface area contributed by atoms with Crippen LogP contribution in [0.5, 0.6) is 17.2 Å². The summed E-state index contributed by atoms with van der Waals surface area (Å²) in [5.74, 6) is -41.8.